The molecular weight excluding hydrogens is 471 g/mol. The van der Waals surface area contributed by atoms with Gasteiger partial charge in [-0.1, -0.05) is 0 Å². The predicted octanol–water partition coefficient (Wildman–Crippen LogP) is 2.09. The van der Waals surface area contributed by atoms with Gasteiger partial charge in [-0.05, 0) is 62.5 Å². The van der Waals surface area contributed by atoms with Gasteiger partial charge in [0.2, 0.25) is 15.9 Å². The Hall–Kier alpha value is -1.69. The van der Waals surface area contributed by atoms with Crippen molar-refractivity contribution in [1.29, 1.82) is 0 Å². The van der Waals surface area contributed by atoms with Crippen LogP contribution in [-0.2, 0) is 26.0 Å². The first-order valence-electron chi connectivity index (χ1n) is 11.9. The van der Waals surface area contributed by atoms with E-state index in [2.05, 4.69) is 5.32 Å². The Labute approximate surface area is 198 Å². The molecule has 3 N–H and O–H groups in total. The normalized spacial score (nSPS) is 27.0. The Bertz CT molecular complexity index is 989. The van der Waals surface area contributed by atoms with Gasteiger partial charge in [0.25, 0.3) is 0 Å². The highest BCUT2D eigenvalue weighted by Crippen LogP contribution is 2.42. The number of ether oxygens (including phenoxy) is 1. The van der Waals surface area contributed by atoms with Gasteiger partial charge < -0.3 is 15.8 Å². The number of halogens is 3. The fraction of sp³-hybridized carbons (Fsp3) is 0.696. The summed E-state index contributed by atoms with van der Waals surface area (Å²) in [7, 11) is -3.57. The zero-order chi connectivity index (χ0) is 24.5. The van der Waals surface area contributed by atoms with Crippen LogP contribution in [0, 0.1) is 29.3 Å². The van der Waals surface area contributed by atoms with Gasteiger partial charge >= 0.3 is 0 Å². The summed E-state index contributed by atoms with van der Waals surface area (Å²) in [5.41, 5.74) is 6.34. The molecule has 2 bridgehead atoms. The molecule has 0 radical (unpaired) electrons. The van der Waals surface area contributed by atoms with E-state index < -0.39 is 33.5 Å². The average Bonchev–Trinajstić information content (AvgIpc) is 3.09. The SMILES string of the molecule is NC(Cc1cc(F)c(F)cc1F)C1C[C@H]2CC[C@@H](C1)N2S(=O)(=O)CCNC(=O)C1CCOCC1. The molecule has 0 saturated carbocycles. The molecule has 3 heterocycles. The lowest BCUT2D eigenvalue weighted by Crippen LogP contribution is -2.51. The second-order valence-electron chi connectivity index (χ2n) is 9.67. The fourth-order valence-corrected chi connectivity index (χ4v) is 7.50. The number of fused-ring (bicyclic) bond motifs is 2. The van der Waals surface area contributed by atoms with Crippen LogP contribution in [0.15, 0.2) is 12.1 Å². The summed E-state index contributed by atoms with van der Waals surface area (Å²) in [4.78, 5) is 12.3. The molecule has 1 amide bonds. The van der Waals surface area contributed by atoms with E-state index in [0.29, 0.717) is 45.0 Å². The van der Waals surface area contributed by atoms with Crippen molar-refractivity contribution in [3.63, 3.8) is 0 Å². The maximum atomic E-state index is 14.1. The van der Waals surface area contributed by atoms with Gasteiger partial charge in [0, 0.05) is 49.9 Å². The van der Waals surface area contributed by atoms with Crippen LogP contribution in [0.2, 0.25) is 0 Å². The number of piperidine rings is 1. The van der Waals surface area contributed by atoms with E-state index in [4.69, 9.17) is 10.5 Å². The summed E-state index contributed by atoms with van der Waals surface area (Å²) in [5.74, 6) is -3.67. The van der Waals surface area contributed by atoms with Crippen LogP contribution in [-0.4, -0.2) is 62.3 Å². The zero-order valence-electron chi connectivity index (χ0n) is 19.0. The minimum absolute atomic E-state index is 0.0223. The van der Waals surface area contributed by atoms with E-state index >= 15 is 0 Å². The third-order valence-corrected chi connectivity index (χ3v) is 9.38. The van der Waals surface area contributed by atoms with Crippen molar-refractivity contribution in [3.05, 3.63) is 35.1 Å². The standard InChI is InChI=1S/C23H32F3N3O4S/c24-19-13-21(26)20(25)11-15(19)12-22(27)16-9-17-1-2-18(10-16)29(17)34(31,32)8-5-28-23(30)14-3-6-33-7-4-14/h11,13-14,16-18,22H,1-10,12,27H2,(H,28,30)/t16?,17-,18+,22?. The third-order valence-electron chi connectivity index (χ3n) is 7.43. The van der Waals surface area contributed by atoms with E-state index in [1.807, 2.05) is 0 Å². The van der Waals surface area contributed by atoms with Crippen LogP contribution in [0.4, 0.5) is 13.2 Å². The number of hydrogen-bond donors (Lipinski definition) is 2. The number of carbonyl (C=O) groups excluding carboxylic acids is 1. The number of nitrogens with one attached hydrogen (secondary N) is 1. The monoisotopic (exact) mass is 503 g/mol. The smallest absolute Gasteiger partial charge is 0.223 e. The minimum atomic E-state index is -3.57. The van der Waals surface area contributed by atoms with E-state index in [-0.39, 0.29) is 54.1 Å². The Balaban J connectivity index is 1.32. The first-order chi connectivity index (χ1) is 16.2. The van der Waals surface area contributed by atoms with E-state index in [1.165, 1.54) is 0 Å². The molecule has 7 nitrogen and oxygen atoms in total. The fourth-order valence-electron chi connectivity index (χ4n) is 5.63. The van der Waals surface area contributed by atoms with Crippen molar-refractivity contribution in [3.8, 4) is 0 Å². The lowest BCUT2D eigenvalue weighted by molar-refractivity contribution is -0.127. The van der Waals surface area contributed by atoms with Gasteiger partial charge in [-0.15, -0.1) is 0 Å². The van der Waals surface area contributed by atoms with Gasteiger partial charge in [-0.2, -0.15) is 4.31 Å². The number of rotatable bonds is 8. The molecule has 190 valence electrons. The molecule has 0 aromatic heterocycles. The first-order valence-corrected chi connectivity index (χ1v) is 13.5. The van der Waals surface area contributed by atoms with Crippen molar-refractivity contribution < 1.29 is 31.1 Å². The molecule has 3 saturated heterocycles. The zero-order valence-corrected chi connectivity index (χ0v) is 19.8. The Kier molecular flexibility index (Phi) is 7.85. The van der Waals surface area contributed by atoms with Crippen LogP contribution in [0.5, 0.6) is 0 Å². The number of benzene rings is 1. The summed E-state index contributed by atoms with van der Waals surface area (Å²) in [6.45, 7) is 1.14. The number of nitrogens with two attached hydrogens (primary N) is 1. The highest BCUT2D eigenvalue weighted by molar-refractivity contribution is 7.89. The molecular formula is C23H32F3N3O4S. The number of sulfonamides is 1. The van der Waals surface area contributed by atoms with Crippen molar-refractivity contribution in [1.82, 2.24) is 9.62 Å². The van der Waals surface area contributed by atoms with Crippen molar-refractivity contribution in [2.24, 2.45) is 17.6 Å². The molecule has 4 atom stereocenters. The molecule has 1 aromatic rings. The van der Waals surface area contributed by atoms with E-state index in [0.717, 1.165) is 18.9 Å². The Morgan fingerprint density at radius 1 is 1.06 bits per heavy atom. The molecule has 3 aliphatic heterocycles. The maximum absolute atomic E-state index is 14.1. The van der Waals surface area contributed by atoms with Gasteiger partial charge in [0.05, 0.1) is 5.75 Å². The van der Waals surface area contributed by atoms with E-state index in [1.54, 1.807) is 4.31 Å². The van der Waals surface area contributed by atoms with Crippen LogP contribution in [0.25, 0.3) is 0 Å². The Morgan fingerprint density at radius 3 is 2.32 bits per heavy atom. The summed E-state index contributed by atoms with van der Waals surface area (Å²) in [6, 6.07) is 0.484. The van der Waals surface area contributed by atoms with Crippen LogP contribution < -0.4 is 11.1 Å². The molecule has 0 spiro atoms. The number of amides is 1. The summed E-state index contributed by atoms with van der Waals surface area (Å²) in [5, 5.41) is 2.75. The predicted molar refractivity (Wildman–Crippen MR) is 120 cm³/mol. The van der Waals surface area contributed by atoms with Crippen LogP contribution >= 0.6 is 0 Å². The lowest BCUT2D eigenvalue weighted by atomic mass is 9.83. The number of hydrogen-bond acceptors (Lipinski definition) is 5. The topological polar surface area (TPSA) is 102 Å². The van der Waals surface area contributed by atoms with Crippen LogP contribution in [0.1, 0.15) is 44.1 Å². The second kappa shape index (κ2) is 10.5. The Morgan fingerprint density at radius 2 is 1.68 bits per heavy atom. The molecule has 2 unspecified atom stereocenters. The van der Waals surface area contributed by atoms with Gasteiger partial charge in [0.1, 0.15) is 5.82 Å². The van der Waals surface area contributed by atoms with E-state index in [9.17, 15) is 26.4 Å². The molecule has 11 heteroatoms. The van der Waals surface area contributed by atoms with Crippen LogP contribution in [0.3, 0.4) is 0 Å². The lowest BCUT2D eigenvalue weighted by Gasteiger charge is -2.40. The summed E-state index contributed by atoms with van der Waals surface area (Å²) >= 11 is 0. The molecule has 4 rings (SSSR count). The average molecular weight is 504 g/mol. The summed E-state index contributed by atoms with van der Waals surface area (Å²) < 4.78 is 73.8. The second-order valence-corrected chi connectivity index (χ2v) is 11.7. The third kappa shape index (κ3) is 5.58. The first kappa shape index (κ1) is 25.4. The minimum Gasteiger partial charge on any atom is -0.381 e. The van der Waals surface area contributed by atoms with Gasteiger partial charge in [-0.25, -0.2) is 21.6 Å². The number of carbonyl (C=O) groups is 1. The van der Waals surface area contributed by atoms with Crippen molar-refractivity contribution >= 4 is 15.9 Å². The molecule has 0 aliphatic carbocycles. The van der Waals surface area contributed by atoms with Crippen molar-refractivity contribution in [2.45, 2.75) is 63.1 Å². The number of nitrogens with zero attached hydrogens (tertiary/aromatic N) is 1. The highest BCUT2D eigenvalue weighted by atomic mass is 32.2. The molecule has 3 fully saturated rings. The molecule has 1 aromatic carbocycles. The quantitative estimate of drug-likeness (QED) is 0.529. The molecule has 3 aliphatic rings. The highest BCUT2D eigenvalue weighted by Gasteiger charge is 2.47. The molecule has 34 heavy (non-hydrogen) atoms. The van der Waals surface area contributed by atoms with Crippen molar-refractivity contribution in [2.75, 3.05) is 25.5 Å². The van der Waals surface area contributed by atoms with Gasteiger partial charge in [-0.3, -0.25) is 4.79 Å². The van der Waals surface area contributed by atoms with Gasteiger partial charge in [0.15, 0.2) is 11.6 Å². The maximum Gasteiger partial charge on any atom is 0.223 e. The summed E-state index contributed by atoms with van der Waals surface area (Å²) in [6.07, 6.45) is 3.86. The largest absolute Gasteiger partial charge is 0.381 e.